The lowest BCUT2D eigenvalue weighted by atomic mass is 9.87. The molecular weight excluding hydrogens is 410 g/mol. The highest BCUT2D eigenvalue weighted by molar-refractivity contribution is 7.92. The van der Waals surface area contributed by atoms with Crippen LogP contribution in [0.5, 0.6) is 0 Å². The number of rotatable bonds is 8. The molecule has 2 aromatic carbocycles. The van der Waals surface area contributed by atoms with Crippen LogP contribution in [0.3, 0.4) is 0 Å². The average molecular weight is 433 g/mol. The third-order valence-corrected chi connectivity index (χ3v) is 5.52. The van der Waals surface area contributed by atoms with E-state index in [2.05, 4.69) is 9.46 Å². The van der Waals surface area contributed by atoms with Crippen molar-refractivity contribution < 1.29 is 30.7 Å². The molecule has 160 valence electrons. The second-order valence-electron chi connectivity index (χ2n) is 7.63. The number of nitrogens with one attached hydrogen (secondary N) is 1. The van der Waals surface area contributed by atoms with Gasteiger partial charge < -0.3 is 4.74 Å². The van der Waals surface area contributed by atoms with Crippen LogP contribution in [0.25, 0.3) is 0 Å². The fraction of sp³-hybridized carbons (Fsp3) is 0.400. The topological polar surface area (TPSA) is 55.4 Å². The molecule has 2 aromatic rings. The Labute approximate surface area is 167 Å². The predicted octanol–water partition coefficient (Wildman–Crippen LogP) is 5.20. The molecular formula is C20H23F4NO3S. The summed E-state index contributed by atoms with van der Waals surface area (Å²) in [6.07, 6.45) is -3.79. The van der Waals surface area contributed by atoms with E-state index < -0.39 is 29.0 Å². The molecule has 0 radical (unpaired) electrons. The quantitative estimate of drug-likeness (QED) is 0.582. The number of hydrogen-bond acceptors (Lipinski definition) is 3. The summed E-state index contributed by atoms with van der Waals surface area (Å²) in [7, 11) is -3.80. The third-order valence-electron chi connectivity index (χ3n) is 4.12. The van der Waals surface area contributed by atoms with Gasteiger partial charge in [0.25, 0.3) is 10.0 Å². The van der Waals surface area contributed by atoms with Gasteiger partial charge in [-0.2, -0.15) is 8.78 Å². The summed E-state index contributed by atoms with van der Waals surface area (Å²) in [5.74, 6) is -4.21. The Kier molecular flexibility index (Phi) is 6.95. The summed E-state index contributed by atoms with van der Waals surface area (Å²) in [4.78, 5) is 0.104. The minimum absolute atomic E-state index is 0.104. The molecule has 0 aliphatic rings. The van der Waals surface area contributed by atoms with Crippen LogP contribution in [0.15, 0.2) is 53.4 Å². The highest BCUT2D eigenvalue weighted by Gasteiger charge is 2.40. The van der Waals surface area contributed by atoms with E-state index in [0.29, 0.717) is 5.56 Å². The van der Waals surface area contributed by atoms with Crippen molar-refractivity contribution in [2.45, 2.75) is 50.0 Å². The molecule has 0 amide bonds. The standard InChI is InChI=1S/C20H23F4NO3S/c1-19(2,3)15-6-10-17(11-7-15)29(26,27)25-16-8-4-14(5-9-16)12-28-13-20(23,24)18(21)22/h4-11,18,25H,12-13H2,1-3H3. The first-order valence-corrected chi connectivity index (χ1v) is 10.3. The van der Waals surface area contributed by atoms with Crippen molar-refractivity contribution in [3.63, 3.8) is 0 Å². The molecule has 0 spiro atoms. The van der Waals surface area contributed by atoms with Crippen molar-refractivity contribution in [3.8, 4) is 0 Å². The van der Waals surface area contributed by atoms with Crippen molar-refractivity contribution in [1.29, 1.82) is 0 Å². The number of hydrogen-bond donors (Lipinski definition) is 1. The van der Waals surface area contributed by atoms with Crippen molar-refractivity contribution in [1.82, 2.24) is 0 Å². The van der Waals surface area contributed by atoms with Crippen molar-refractivity contribution >= 4 is 15.7 Å². The van der Waals surface area contributed by atoms with E-state index in [9.17, 15) is 26.0 Å². The fourth-order valence-electron chi connectivity index (χ4n) is 2.39. The monoisotopic (exact) mass is 433 g/mol. The molecule has 2 rings (SSSR count). The number of halogens is 4. The summed E-state index contributed by atoms with van der Waals surface area (Å²) < 4.78 is 81.8. The Bertz CT molecular complexity index is 906. The SMILES string of the molecule is CC(C)(C)c1ccc(S(=O)(=O)Nc2ccc(COCC(F)(F)C(F)F)cc2)cc1. The van der Waals surface area contributed by atoms with Gasteiger partial charge in [0, 0.05) is 5.69 Å². The molecule has 0 atom stereocenters. The van der Waals surface area contributed by atoms with Gasteiger partial charge in [-0.1, -0.05) is 45.0 Å². The lowest BCUT2D eigenvalue weighted by Crippen LogP contribution is -2.32. The van der Waals surface area contributed by atoms with E-state index in [1.54, 1.807) is 12.1 Å². The lowest BCUT2D eigenvalue weighted by molar-refractivity contribution is -0.168. The summed E-state index contributed by atoms with van der Waals surface area (Å²) in [6.45, 7) is 4.37. The number of ether oxygens (including phenoxy) is 1. The summed E-state index contributed by atoms with van der Waals surface area (Å²) in [5.41, 5.74) is 1.60. The normalized spacial score (nSPS) is 13.0. The van der Waals surface area contributed by atoms with E-state index >= 15 is 0 Å². The number of alkyl halides is 4. The van der Waals surface area contributed by atoms with Gasteiger partial charge >= 0.3 is 12.3 Å². The Morgan fingerprint density at radius 2 is 1.52 bits per heavy atom. The van der Waals surface area contributed by atoms with E-state index in [1.165, 1.54) is 36.4 Å². The second kappa shape index (κ2) is 8.71. The second-order valence-corrected chi connectivity index (χ2v) is 9.31. The molecule has 0 unspecified atom stereocenters. The van der Waals surface area contributed by atoms with Crippen LogP contribution in [-0.4, -0.2) is 27.4 Å². The third kappa shape index (κ3) is 6.43. The van der Waals surface area contributed by atoms with E-state index in [-0.39, 0.29) is 22.6 Å². The first-order valence-electron chi connectivity index (χ1n) is 8.77. The zero-order valence-corrected chi connectivity index (χ0v) is 17.1. The minimum atomic E-state index is -4.21. The molecule has 0 aromatic heterocycles. The van der Waals surface area contributed by atoms with Crippen molar-refractivity contribution in [2.24, 2.45) is 0 Å². The molecule has 0 bridgehead atoms. The zero-order valence-electron chi connectivity index (χ0n) is 16.3. The Morgan fingerprint density at radius 3 is 2.00 bits per heavy atom. The summed E-state index contributed by atoms with van der Waals surface area (Å²) >= 11 is 0. The number of benzene rings is 2. The van der Waals surface area contributed by atoms with Gasteiger partial charge in [-0.3, -0.25) is 4.72 Å². The van der Waals surface area contributed by atoms with Crippen LogP contribution in [0.2, 0.25) is 0 Å². The highest BCUT2D eigenvalue weighted by Crippen LogP contribution is 2.25. The van der Waals surface area contributed by atoms with Crippen LogP contribution >= 0.6 is 0 Å². The van der Waals surface area contributed by atoms with Crippen LogP contribution in [-0.2, 0) is 26.8 Å². The summed E-state index contributed by atoms with van der Waals surface area (Å²) in [6, 6.07) is 12.3. The fourth-order valence-corrected chi connectivity index (χ4v) is 3.44. The summed E-state index contributed by atoms with van der Waals surface area (Å²) in [5, 5.41) is 0. The lowest BCUT2D eigenvalue weighted by Gasteiger charge is -2.19. The predicted molar refractivity (Wildman–Crippen MR) is 103 cm³/mol. The maximum Gasteiger partial charge on any atom is 0.330 e. The van der Waals surface area contributed by atoms with E-state index in [1.807, 2.05) is 20.8 Å². The molecule has 0 fully saturated rings. The van der Waals surface area contributed by atoms with Crippen molar-refractivity contribution in [2.75, 3.05) is 11.3 Å². The Morgan fingerprint density at radius 1 is 0.966 bits per heavy atom. The van der Waals surface area contributed by atoms with Crippen LogP contribution < -0.4 is 4.72 Å². The molecule has 0 saturated carbocycles. The van der Waals surface area contributed by atoms with Crippen LogP contribution in [0.4, 0.5) is 23.2 Å². The minimum Gasteiger partial charge on any atom is -0.370 e. The van der Waals surface area contributed by atoms with Gasteiger partial charge in [-0.05, 0) is 40.8 Å². The molecule has 0 aliphatic carbocycles. The molecule has 4 nitrogen and oxygen atoms in total. The number of anilines is 1. The average Bonchev–Trinajstić information content (AvgIpc) is 2.62. The van der Waals surface area contributed by atoms with Gasteiger partial charge in [0.2, 0.25) is 0 Å². The Hall–Kier alpha value is -2.13. The first kappa shape index (κ1) is 23.2. The molecule has 0 aliphatic heterocycles. The zero-order chi connectivity index (χ0) is 21.9. The van der Waals surface area contributed by atoms with Gasteiger partial charge in [-0.15, -0.1) is 0 Å². The maximum atomic E-state index is 12.8. The van der Waals surface area contributed by atoms with E-state index in [4.69, 9.17) is 0 Å². The first-order chi connectivity index (χ1) is 13.3. The van der Waals surface area contributed by atoms with Crippen LogP contribution in [0.1, 0.15) is 31.9 Å². The largest absolute Gasteiger partial charge is 0.370 e. The van der Waals surface area contributed by atoms with Crippen molar-refractivity contribution in [3.05, 3.63) is 59.7 Å². The van der Waals surface area contributed by atoms with Gasteiger partial charge in [0.05, 0.1) is 11.5 Å². The molecule has 0 heterocycles. The van der Waals surface area contributed by atoms with Gasteiger partial charge in [-0.25, -0.2) is 17.2 Å². The molecule has 9 heteroatoms. The van der Waals surface area contributed by atoms with Gasteiger partial charge in [0.15, 0.2) is 0 Å². The van der Waals surface area contributed by atoms with Crippen LogP contribution in [0, 0.1) is 0 Å². The van der Waals surface area contributed by atoms with E-state index in [0.717, 1.165) is 5.56 Å². The highest BCUT2D eigenvalue weighted by atomic mass is 32.2. The Balaban J connectivity index is 1.99. The molecule has 0 saturated heterocycles. The van der Waals surface area contributed by atoms with Gasteiger partial charge in [0.1, 0.15) is 6.61 Å². The number of sulfonamides is 1. The maximum absolute atomic E-state index is 12.8. The molecule has 1 N–H and O–H groups in total. The smallest absolute Gasteiger partial charge is 0.330 e. The molecule has 29 heavy (non-hydrogen) atoms.